The van der Waals surface area contributed by atoms with Gasteiger partial charge in [0.05, 0.1) is 7.11 Å². The van der Waals surface area contributed by atoms with Crippen LogP contribution in [0.3, 0.4) is 0 Å². The highest BCUT2D eigenvalue weighted by atomic mass is 16.5. The van der Waals surface area contributed by atoms with Crippen molar-refractivity contribution in [2.45, 2.75) is 19.4 Å². The molecule has 0 amide bonds. The molecular formula is C13H19NO. The molecule has 0 fully saturated rings. The van der Waals surface area contributed by atoms with Crippen molar-refractivity contribution in [1.82, 2.24) is 5.32 Å². The average molecular weight is 205 g/mol. The normalized spacial score (nSPS) is 12.1. The summed E-state index contributed by atoms with van der Waals surface area (Å²) >= 11 is 0. The van der Waals surface area contributed by atoms with E-state index in [0.717, 1.165) is 18.7 Å². The second-order valence-corrected chi connectivity index (χ2v) is 3.50. The van der Waals surface area contributed by atoms with Crippen LogP contribution in [0.1, 0.15) is 24.9 Å². The maximum absolute atomic E-state index is 5.31. The van der Waals surface area contributed by atoms with Gasteiger partial charge < -0.3 is 10.1 Å². The fourth-order valence-corrected chi connectivity index (χ4v) is 1.54. The molecule has 2 heteroatoms. The Morgan fingerprint density at radius 2 is 2.20 bits per heavy atom. The molecule has 0 aliphatic heterocycles. The lowest BCUT2D eigenvalue weighted by Crippen LogP contribution is -2.19. The quantitative estimate of drug-likeness (QED) is 0.569. The number of benzene rings is 1. The third-order valence-electron chi connectivity index (χ3n) is 2.40. The van der Waals surface area contributed by atoms with Crippen LogP contribution in [0.2, 0.25) is 0 Å². The van der Waals surface area contributed by atoms with Gasteiger partial charge in [0.15, 0.2) is 0 Å². The highest BCUT2D eigenvalue weighted by Gasteiger charge is 2.08. The molecule has 0 aliphatic carbocycles. The highest BCUT2D eigenvalue weighted by molar-refractivity contribution is 5.35. The Bertz CT molecular complexity index is 309. The molecule has 0 aliphatic rings. The van der Waals surface area contributed by atoms with E-state index in [1.54, 1.807) is 7.11 Å². The Kier molecular flexibility index (Phi) is 4.91. The van der Waals surface area contributed by atoms with Crippen molar-refractivity contribution in [2.24, 2.45) is 0 Å². The van der Waals surface area contributed by atoms with Gasteiger partial charge in [-0.2, -0.15) is 0 Å². The zero-order valence-corrected chi connectivity index (χ0v) is 9.49. The maximum atomic E-state index is 5.31. The number of methoxy groups -OCH3 is 1. The zero-order valence-electron chi connectivity index (χ0n) is 9.49. The van der Waals surface area contributed by atoms with E-state index in [1.807, 2.05) is 24.3 Å². The lowest BCUT2D eigenvalue weighted by atomic mass is 10.1. The Hall–Kier alpha value is -1.28. The average Bonchev–Trinajstić information content (AvgIpc) is 2.29. The summed E-state index contributed by atoms with van der Waals surface area (Å²) in [7, 11) is 1.70. The molecular weight excluding hydrogens is 186 g/mol. The molecule has 0 saturated heterocycles. The third kappa shape index (κ3) is 3.40. The van der Waals surface area contributed by atoms with Crippen LogP contribution in [0.25, 0.3) is 0 Å². The van der Waals surface area contributed by atoms with E-state index in [9.17, 15) is 0 Å². The van der Waals surface area contributed by atoms with Gasteiger partial charge in [0, 0.05) is 11.6 Å². The van der Waals surface area contributed by atoms with Gasteiger partial charge >= 0.3 is 0 Å². The van der Waals surface area contributed by atoms with Gasteiger partial charge in [-0.25, -0.2) is 0 Å². The van der Waals surface area contributed by atoms with E-state index < -0.39 is 0 Å². The fourth-order valence-electron chi connectivity index (χ4n) is 1.54. The Labute approximate surface area is 92.0 Å². The Morgan fingerprint density at radius 3 is 2.87 bits per heavy atom. The first-order chi connectivity index (χ1) is 7.29. The minimum absolute atomic E-state index is 0.307. The zero-order chi connectivity index (χ0) is 11.1. The SMILES string of the molecule is C=CCCN[C@H](C)c1ccccc1OC. The van der Waals surface area contributed by atoms with Crippen LogP contribution in [-0.4, -0.2) is 13.7 Å². The number of rotatable bonds is 6. The van der Waals surface area contributed by atoms with Crippen molar-refractivity contribution in [2.75, 3.05) is 13.7 Å². The summed E-state index contributed by atoms with van der Waals surface area (Å²) in [5.41, 5.74) is 1.20. The van der Waals surface area contributed by atoms with Gasteiger partial charge in [-0.15, -0.1) is 6.58 Å². The summed E-state index contributed by atoms with van der Waals surface area (Å²) in [6.45, 7) is 6.79. The fraction of sp³-hybridized carbons (Fsp3) is 0.385. The van der Waals surface area contributed by atoms with Gasteiger partial charge in [0.25, 0.3) is 0 Å². The molecule has 0 radical (unpaired) electrons. The Balaban J connectivity index is 2.63. The number of hydrogen-bond donors (Lipinski definition) is 1. The lowest BCUT2D eigenvalue weighted by molar-refractivity contribution is 0.402. The summed E-state index contributed by atoms with van der Waals surface area (Å²) in [6.07, 6.45) is 2.90. The first kappa shape index (κ1) is 11.8. The number of nitrogens with one attached hydrogen (secondary N) is 1. The number of hydrogen-bond acceptors (Lipinski definition) is 2. The molecule has 2 nitrogen and oxygen atoms in total. The summed E-state index contributed by atoms with van der Waals surface area (Å²) in [6, 6.07) is 8.40. The van der Waals surface area contributed by atoms with Crippen LogP contribution in [-0.2, 0) is 0 Å². The monoisotopic (exact) mass is 205 g/mol. The number of ether oxygens (including phenoxy) is 1. The molecule has 0 saturated carbocycles. The van der Waals surface area contributed by atoms with E-state index in [4.69, 9.17) is 4.74 Å². The van der Waals surface area contributed by atoms with E-state index in [2.05, 4.69) is 24.9 Å². The van der Waals surface area contributed by atoms with Gasteiger partial charge in [0.1, 0.15) is 5.75 Å². The van der Waals surface area contributed by atoms with Gasteiger partial charge in [-0.05, 0) is 26.0 Å². The molecule has 15 heavy (non-hydrogen) atoms. The largest absolute Gasteiger partial charge is 0.496 e. The van der Waals surface area contributed by atoms with Gasteiger partial charge in [0.2, 0.25) is 0 Å². The van der Waals surface area contributed by atoms with Gasteiger partial charge in [-0.1, -0.05) is 24.3 Å². The summed E-state index contributed by atoms with van der Waals surface area (Å²) in [5, 5.41) is 3.42. The summed E-state index contributed by atoms with van der Waals surface area (Å²) in [4.78, 5) is 0. The van der Waals surface area contributed by atoms with Crippen LogP contribution >= 0.6 is 0 Å². The van der Waals surface area contributed by atoms with Crippen molar-refractivity contribution in [3.63, 3.8) is 0 Å². The topological polar surface area (TPSA) is 21.3 Å². The third-order valence-corrected chi connectivity index (χ3v) is 2.40. The molecule has 1 aromatic carbocycles. The van der Waals surface area contributed by atoms with Crippen LogP contribution in [0, 0.1) is 0 Å². The molecule has 0 unspecified atom stereocenters. The van der Waals surface area contributed by atoms with Crippen molar-refractivity contribution in [3.05, 3.63) is 42.5 Å². The molecule has 1 N–H and O–H groups in total. The summed E-state index contributed by atoms with van der Waals surface area (Å²) in [5.74, 6) is 0.941. The van der Waals surface area contributed by atoms with Crippen LogP contribution in [0.5, 0.6) is 5.75 Å². The van der Waals surface area contributed by atoms with Crippen molar-refractivity contribution in [1.29, 1.82) is 0 Å². The van der Waals surface area contributed by atoms with Crippen molar-refractivity contribution >= 4 is 0 Å². The van der Waals surface area contributed by atoms with Crippen LogP contribution in [0.4, 0.5) is 0 Å². The smallest absolute Gasteiger partial charge is 0.123 e. The minimum Gasteiger partial charge on any atom is -0.496 e. The maximum Gasteiger partial charge on any atom is 0.123 e. The van der Waals surface area contributed by atoms with E-state index in [0.29, 0.717) is 6.04 Å². The molecule has 0 spiro atoms. The van der Waals surface area contributed by atoms with Crippen molar-refractivity contribution in [3.8, 4) is 5.75 Å². The highest BCUT2D eigenvalue weighted by Crippen LogP contribution is 2.23. The van der Waals surface area contributed by atoms with Crippen LogP contribution < -0.4 is 10.1 Å². The standard InChI is InChI=1S/C13H19NO/c1-4-5-10-14-11(2)12-8-6-7-9-13(12)15-3/h4,6-9,11,14H,1,5,10H2,2-3H3/t11-/m1/s1. The van der Waals surface area contributed by atoms with E-state index in [1.165, 1.54) is 5.56 Å². The molecule has 0 heterocycles. The molecule has 0 bridgehead atoms. The summed E-state index contributed by atoms with van der Waals surface area (Å²) < 4.78 is 5.31. The van der Waals surface area contributed by atoms with Crippen molar-refractivity contribution < 1.29 is 4.74 Å². The van der Waals surface area contributed by atoms with E-state index in [-0.39, 0.29) is 0 Å². The second-order valence-electron chi connectivity index (χ2n) is 3.50. The number of para-hydroxylation sites is 1. The van der Waals surface area contributed by atoms with Crippen LogP contribution in [0.15, 0.2) is 36.9 Å². The minimum atomic E-state index is 0.307. The molecule has 1 atom stereocenters. The second kappa shape index (κ2) is 6.25. The predicted molar refractivity (Wildman–Crippen MR) is 64.2 cm³/mol. The Morgan fingerprint density at radius 1 is 1.47 bits per heavy atom. The molecule has 1 rings (SSSR count). The van der Waals surface area contributed by atoms with Gasteiger partial charge in [-0.3, -0.25) is 0 Å². The molecule has 0 aromatic heterocycles. The molecule has 82 valence electrons. The van der Waals surface area contributed by atoms with E-state index >= 15 is 0 Å². The first-order valence-corrected chi connectivity index (χ1v) is 5.26. The lowest BCUT2D eigenvalue weighted by Gasteiger charge is -2.16. The first-order valence-electron chi connectivity index (χ1n) is 5.26. The predicted octanol–water partition coefficient (Wildman–Crippen LogP) is 2.92. The molecule has 1 aromatic rings.